The van der Waals surface area contributed by atoms with E-state index in [1.54, 1.807) is 6.07 Å². The number of ketones is 2. The van der Waals surface area contributed by atoms with Crippen molar-refractivity contribution in [3.8, 4) is 0 Å². The topological polar surface area (TPSA) is 746 Å². The lowest BCUT2D eigenvalue weighted by Crippen LogP contribution is -2.63. The first kappa shape index (κ1) is 83.8. The van der Waals surface area contributed by atoms with Gasteiger partial charge in [-0.3, -0.25) is 75.0 Å². The van der Waals surface area contributed by atoms with E-state index < -0.39 is 266 Å². The molecule has 546 valence electrons. The summed E-state index contributed by atoms with van der Waals surface area (Å²) in [6, 6.07) is -6.47. The highest BCUT2D eigenvalue weighted by molar-refractivity contribution is 7.87. The average molecular weight is 1550 g/mol. The molecule has 3 rings (SSSR count). The molecule has 52 heteroatoms. The number of Topliss-reactive ketones (excluding diaryl/α,β-unsaturated/α-hetero) is 2. The number of aliphatic carboxylic acids is 1. The summed E-state index contributed by atoms with van der Waals surface area (Å²) in [6.07, 6.45) is 0. The Morgan fingerprint density at radius 3 is 0.778 bits per heavy atom. The quantitative estimate of drug-likeness (QED) is 0.0110. The van der Waals surface area contributed by atoms with Crippen molar-refractivity contribution in [2.75, 3.05) is 40.3 Å². The van der Waals surface area contributed by atoms with Crippen LogP contribution in [0.25, 0.3) is 0 Å². The molecule has 0 saturated heterocycles. The molecule has 99 heavy (non-hydrogen) atoms. The van der Waals surface area contributed by atoms with Gasteiger partial charge in [0.1, 0.15) is 95.8 Å². The number of carboxylic acids is 2. The first-order valence-corrected chi connectivity index (χ1v) is 37.3. The number of benzene rings is 3. The first-order valence-electron chi connectivity index (χ1n) is 26.1. The average Bonchev–Trinajstić information content (AvgIpc) is 0.777. The SMILES string of the molecule is O=C(OCc1ccccc1)C(=O)c1cc(C(=O)C(=O)OCc2ccccc2)c(C(=O)NC(CS(=O)(=O)O)C(=O)N[C@H](CS(=O)(=O)O)C(=O)N[C@H](CS(=O)(=O)O)C(=O)N[C@H](CS(=O)(=O)O)C(=O)N[C@H](CS(=O)(=O)O)C(=O)N[C@H](CS(=O)(=O)O)C(=O)N[C@H](CS(=O)(=O)O)C(=O)O)cc1C(=O)O. The van der Waals surface area contributed by atoms with E-state index in [0.29, 0.717) is 0 Å². The number of carbonyl (C=O) groups excluding carboxylic acids is 11. The minimum absolute atomic E-state index is 0.0985. The molecule has 0 saturated carbocycles. The van der Waals surface area contributed by atoms with Gasteiger partial charge in [-0.1, -0.05) is 60.7 Å². The zero-order valence-electron chi connectivity index (χ0n) is 49.1. The maximum atomic E-state index is 14.2. The van der Waals surface area contributed by atoms with Crippen LogP contribution in [-0.4, -0.2) is 260 Å². The van der Waals surface area contributed by atoms with Crippen LogP contribution in [0.4, 0.5) is 0 Å². The predicted molar refractivity (Wildman–Crippen MR) is 320 cm³/mol. The number of carbonyl (C=O) groups is 13. The Morgan fingerprint density at radius 2 is 0.535 bits per heavy atom. The van der Waals surface area contributed by atoms with Crippen LogP contribution in [0.2, 0.25) is 0 Å². The molecule has 3 aromatic rings. The second-order valence-electron chi connectivity index (χ2n) is 20.0. The lowest BCUT2D eigenvalue weighted by Gasteiger charge is -2.26. The van der Waals surface area contributed by atoms with Crippen molar-refractivity contribution in [3.05, 3.63) is 106 Å². The molecule has 7 atom stereocenters. The van der Waals surface area contributed by atoms with E-state index in [4.69, 9.17) is 14.0 Å². The van der Waals surface area contributed by atoms with Crippen LogP contribution in [0.3, 0.4) is 0 Å². The molecule has 0 fully saturated rings. The van der Waals surface area contributed by atoms with Crippen molar-refractivity contribution in [2.45, 2.75) is 55.5 Å². The minimum atomic E-state index is -5.82. The van der Waals surface area contributed by atoms with E-state index in [-0.39, 0.29) is 23.3 Å². The van der Waals surface area contributed by atoms with Gasteiger partial charge in [0.15, 0.2) is 0 Å². The molecule has 16 N–H and O–H groups in total. The molecule has 0 bridgehead atoms. The fourth-order valence-corrected chi connectivity index (χ4v) is 12.3. The van der Waals surface area contributed by atoms with Crippen LogP contribution in [0.15, 0.2) is 72.8 Å². The molecule has 3 aromatic carbocycles. The number of nitrogens with one attached hydrogen (secondary N) is 7. The van der Waals surface area contributed by atoms with Gasteiger partial charge in [0.05, 0.1) is 11.1 Å². The van der Waals surface area contributed by atoms with E-state index in [0.717, 1.165) is 0 Å². The molecule has 0 aliphatic rings. The van der Waals surface area contributed by atoms with E-state index in [9.17, 15) is 159 Å². The summed E-state index contributed by atoms with van der Waals surface area (Å²) in [6.45, 7) is -1.34. The van der Waals surface area contributed by atoms with Gasteiger partial charge in [-0.05, 0) is 23.3 Å². The summed E-state index contributed by atoms with van der Waals surface area (Å²) in [5.74, 6) is -42.8. The monoisotopic (exact) mass is 1550 g/mol. The van der Waals surface area contributed by atoms with E-state index in [2.05, 4.69) is 0 Å². The largest absolute Gasteiger partial charge is 0.480 e. The third kappa shape index (κ3) is 30.5. The Hall–Kier alpha value is -9.46. The van der Waals surface area contributed by atoms with Gasteiger partial charge in [-0.2, -0.15) is 58.9 Å². The summed E-state index contributed by atoms with van der Waals surface area (Å²) in [4.78, 5) is 174. The fourth-order valence-electron chi connectivity index (χ4n) is 7.75. The molecule has 0 radical (unpaired) electrons. The molecule has 0 aliphatic heterocycles. The Balaban J connectivity index is 2.14. The maximum absolute atomic E-state index is 14.2. The molecule has 0 spiro atoms. The summed E-state index contributed by atoms with van der Waals surface area (Å²) in [5, 5.41) is 28.8. The molecule has 1 unspecified atom stereocenters. The van der Waals surface area contributed by atoms with Crippen molar-refractivity contribution in [1.82, 2.24) is 37.2 Å². The molecular weight excluding hydrogens is 1490 g/mol. The Labute approximate surface area is 556 Å². The van der Waals surface area contributed by atoms with E-state index >= 15 is 0 Å². The van der Waals surface area contributed by atoms with Gasteiger partial charge in [-0.25, -0.2) is 19.2 Å². The van der Waals surface area contributed by atoms with Crippen LogP contribution in [0.1, 0.15) is 52.6 Å². The van der Waals surface area contributed by atoms with E-state index in [1.165, 1.54) is 91.8 Å². The van der Waals surface area contributed by atoms with Crippen molar-refractivity contribution in [3.63, 3.8) is 0 Å². The number of carboxylic acid groups (broad SMARTS) is 2. The molecule has 0 heterocycles. The highest BCUT2D eigenvalue weighted by atomic mass is 32.2. The number of hydrogen-bond donors (Lipinski definition) is 16. The van der Waals surface area contributed by atoms with Crippen LogP contribution in [-0.2, 0) is 137 Å². The minimum Gasteiger partial charge on any atom is -0.480 e. The lowest BCUT2D eigenvalue weighted by molar-refractivity contribution is -0.141. The van der Waals surface area contributed by atoms with Crippen molar-refractivity contribution >= 4 is 148 Å². The van der Waals surface area contributed by atoms with Crippen LogP contribution in [0, 0.1) is 0 Å². The summed E-state index contributed by atoms with van der Waals surface area (Å²) < 4.78 is 245. The molecule has 0 aromatic heterocycles. The molecular formula is C47H53N7O38S7. The summed E-state index contributed by atoms with van der Waals surface area (Å²) in [5.41, 5.74) is -5.03. The normalized spacial score (nSPS) is 14.3. The van der Waals surface area contributed by atoms with E-state index in [1.807, 2.05) is 0 Å². The molecule has 7 amide bonds. The fraction of sp³-hybridized carbons (Fsp3) is 0.340. The second kappa shape index (κ2) is 34.4. The number of rotatable bonds is 38. The van der Waals surface area contributed by atoms with Crippen molar-refractivity contribution in [1.29, 1.82) is 0 Å². The summed E-state index contributed by atoms with van der Waals surface area (Å²) in [7, 11) is -39.8. The Kier molecular flexibility index (Phi) is 29.1. The van der Waals surface area contributed by atoms with Crippen LogP contribution >= 0.6 is 0 Å². The van der Waals surface area contributed by atoms with Crippen LogP contribution < -0.4 is 37.2 Å². The third-order valence-corrected chi connectivity index (χ3v) is 17.2. The number of amides is 7. The predicted octanol–water partition coefficient (Wildman–Crippen LogP) is -8.46. The second-order valence-corrected chi connectivity index (χ2v) is 30.5. The van der Waals surface area contributed by atoms with Gasteiger partial charge in [0.25, 0.3) is 88.3 Å². The Bertz CT molecular complexity index is 4540. The highest BCUT2D eigenvalue weighted by Gasteiger charge is 2.41. The van der Waals surface area contributed by atoms with Gasteiger partial charge < -0.3 is 56.9 Å². The Morgan fingerprint density at radius 1 is 0.313 bits per heavy atom. The van der Waals surface area contributed by atoms with Gasteiger partial charge >= 0.3 is 23.9 Å². The third-order valence-electron chi connectivity index (χ3n) is 12.0. The standard InChI is InChI=1S/C47H53N7O38S7/c55-35(46(68)91-13-22-7-3-1-4-8-22)24-11-25(36(56)47(69)92-14-23-9-5-2-6-10-23)27(44(64)65)12-26(24)37(57)48-28(15-93(70,71)72)38(58)49-29(16-94(73,74)75)39(59)50-30(17-95(76,77)78)40(60)51-31(18-96(79,80)81)41(61)52-32(19-97(82,83)84)42(62)53-33(20-98(85,86)87)43(63)54-34(45(66)67)21-99(88,89)90/h1-12,28-34H,13-21H2,(H,48,57)(H,49,58)(H,50,59)(H,51,60)(H,52,61)(H,53,62)(H,54,63)(H,64,65)(H,66,67)(H,70,71,72)(H,73,74,75)(H,76,77,78)(H,79,80,81)(H,82,83,84)(H,85,86,87)(H,88,89,90)/t28?,29-,30-,31-,32-,33-,34-/m1/s1. The first-order chi connectivity index (χ1) is 45.1. The number of ether oxygens (including phenoxy) is 2. The van der Waals surface area contributed by atoms with Gasteiger partial charge in [-0.15, -0.1) is 0 Å². The maximum Gasteiger partial charge on any atom is 0.380 e. The smallest absolute Gasteiger partial charge is 0.380 e. The summed E-state index contributed by atoms with van der Waals surface area (Å²) >= 11 is 0. The molecule has 0 aliphatic carbocycles. The van der Waals surface area contributed by atoms with Crippen molar-refractivity contribution in [2.24, 2.45) is 0 Å². The van der Waals surface area contributed by atoms with Gasteiger partial charge in [0, 0.05) is 11.1 Å². The highest BCUT2D eigenvalue weighted by Crippen LogP contribution is 2.22. The zero-order chi connectivity index (χ0) is 75.7. The van der Waals surface area contributed by atoms with Gasteiger partial charge in [0.2, 0.25) is 35.4 Å². The van der Waals surface area contributed by atoms with Crippen molar-refractivity contribution < 1.29 is 173 Å². The molecule has 45 nitrogen and oxygen atoms in total. The lowest BCUT2D eigenvalue weighted by atomic mass is 9.93. The zero-order valence-corrected chi connectivity index (χ0v) is 54.8. The number of esters is 2. The van der Waals surface area contributed by atoms with Crippen LogP contribution in [0.5, 0.6) is 0 Å². The number of hydrogen-bond acceptors (Lipinski definition) is 29. The number of aromatic carboxylic acids is 1.